The minimum atomic E-state index is 0. The van der Waals surface area contributed by atoms with Crippen LogP contribution in [-0.2, 0) is 7.05 Å². The van der Waals surface area contributed by atoms with Crippen LogP contribution in [0.2, 0.25) is 0 Å². The van der Waals surface area contributed by atoms with Crippen molar-refractivity contribution in [1.82, 2.24) is 0 Å². The molecule has 0 amide bonds. The Hall–Kier alpha value is -2.31. The summed E-state index contributed by atoms with van der Waals surface area (Å²) in [6, 6.07) is 28.0. The van der Waals surface area contributed by atoms with E-state index in [1.165, 1.54) is 43.2 Å². The molecule has 5 rings (SSSR count). The molecule has 144 valence electrons. The molecule has 0 saturated heterocycles. The molecular formula is C25H21IN2S. The van der Waals surface area contributed by atoms with Crippen LogP contribution in [0.1, 0.15) is 5.56 Å². The van der Waals surface area contributed by atoms with E-state index in [4.69, 9.17) is 0 Å². The van der Waals surface area contributed by atoms with Crippen molar-refractivity contribution in [2.75, 3.05) is 11.9 Å². The zero-order valence-corrected chi connectivity index (χ0v) is 19.3. The Morgan fingerprint density at radius 3 is 2.41 bits per heavy atom. The molecular weight excluding hydrogens is 487 g/mol. The summed E-state index contributed by atoms with van der Waals surface area (Å²) in [6.07, 6.45) is 4.47. The van der Waals surface area contributed by atoms with Crippen LogP contribution >= 0.6 is 11.8 Å². The van der Waals surface area contributed by atoms with E-state index < -0.39 is 0 Å². The van der Waals surface area contributed by atoms with E-state index in [2.05, 4.69) is 115 Å². The summed E-state index contributed by atoms with van der Waals surface area (Å²) in [5.74, 6) is 0. The summed E-state index contributed by atoms with van der Waals surface area (Å²) in [7, 11) is 4.26. The van der Waals surface area contributed by atoms with Crippen LogP contribution < -0.4 is 33.4 Å². The Kier molecular flexibility index (Phi) is 5.65. The largest absolute Gasteiger partial charge is 1.00 e. The van der Waals surface area contributed by atoms with Gasteiger partial charge in [0.05, 0.1) is 16.1 Å². The monoisotopic (exact) mass is 508 g/mol. The second-order valence-electron chi connectivity index (χ2n) is 7.06. The van der Waals surface area contributed by atoms with Gasteiger partial charge in [0, 0.05) is 24.1 Å². The molecule has 0 unspecified atom stereocenters. The highest BCUT2D eigenvalue weighted by Gasteiger charge is 2.22. The molecule has 0 atom stereocenters. The van der Waals surface area contributed by atoms with Gasteiger partial charge in [-0.15, -0.1) is 0 Å². The van der Waals surface area contributed by atoms with Crippen molar-refractivity contribution >= 4 is 34.4 Å². The number of para-hydroxylation sites is 1. The molecule has 2 nitrogen and oxygen atoms in total. The fourth-order valence-corrected chi connectivity index (χ4v) is 4.95. The number of thioether (sulfide) groups is 1. The molecule has 4 aromatic rings. The smallest absolute Gasteiger partial charge is 0.213 e. The van der Waals surface area contributed by atoms with Crippen molar-refractivity contribution in [3.63, 3.8) is 0 Å². The van der Waals surface area contributed by atoms with Gasteiger partial charge in [-0.25, -0.2) is 4.57 Å². The average molecular weight is 508 g/mol. The molecule has 0 radical (unpaired) electrons. The molecule has 3 aromatic carbocycles. The summed E-state index contributed by atoms with van der Waals surface area (Å²) in [5.41, 5.74) is 6.26. The Balaban J connectivity index is 0.00000205. The summed E-state index contributed by atoms with van der Waals surface area (Å²) in [4.78, 5) is 3.59. The van der Waals surface area contributed by atoms with E-state index in [-0.39, 0.29) is 24.0 Å². The maximum absolute atomic E-state index is 2.32. The number of rotatable bonds is 2. The molecule has 0 bridgehead atoms. The summed E-state index contributed by atoms with van der Waals surface area (Å²) < 4.78 is 2.20. The van der Waals surface area contributed by atoms with Gasteiger partial charge in [0.25, 0.3) is 0 Å². The fraction of sp³-hybridized carbons (Fsp3) is 0.0800. The Morgan fingerprint density at radius 1 is 0.862 bits per heavy atom. The van der Waals surface area contributed by atoms with Gasteiger partial charge in [0.1, 0.15) is 7.05 Å². The van der Waals surface area contributed by atoms with Crippen LogP contribution in [0.3, 0.4) is 0 Å². The van der Waals surface area contributed by atoms with Crippen LogP contribution in [-0.4, -0.2) is 7.05 Å². The third-order valence-electron chi connectivity index (χ3n) is 5.32. The number of hydrogen-bond donors (Lipinski definition) is 0. The lowest BCUT2D eigenvalue weighted by molar-refractivity contribution is -0.644. The third-order valence-corrected chi connectivity index (χ3v) is 6.49. The number of nitrogens with zero attached hydrogens (tertiary/aromatic N) is 2. The van der Waals surface area contributed by atoms with Gasteiger partial charge in [-0.05, 0) is 34.9 Å². The highest BCUT2D eigenvalue weighted by molar-refractivity contribution is 8.03. The van der Waals surface area contributed by atoms with E-state index in [1.54, 1.807) is 0 Å². The average Bonchev–Trinajstić information content (AvgIpc) is 3.06. The first-order chi connectivity index (χ1) is 13.7. The molecule has 0 aliphatic carbocycles. The summed E-state index contributed by atoms with van der Waals surface area (Å²) in [6.45, 7) is 0. The number of anilines is 1. The lowest BCUT2D eigenvalue weighted by atomic mass is 9.97. The summed E-state index contributed by atoms with van der Waals surface area (Å²) in [5, 5.41) is 2.54. The Morgan fingerprint density at radius 2 is 1.62 bits per heavy atom. The maximum Gasteiger partial charge on any atom is 0.213 e. The van der Waals surface area contributed by atoms with Crippen molar-refractivity contribution in [2.45, 2.75) is 4.90 Å². The standard InChI is InChI=1S/C25H21N2S.HI/c1-26-16-15-19(17-24-27(2)21-12-6-7-14-23(21)28-24)25-20(11-8-13-22(25)26)18-9-4-3-5-10-18;/h3-17H,1-2H3;1H/q+1;/p-1. The topological polar surface area (TPSA) is 7.12 Å². The van der Waals surface area contributed by atoms with Crippen LogP contribution in [0.4, 0.5) is 5.69 Å². The van der Waals surface area contributed by atoms with E-state index >= 15 is 0 Å². The number of pyridine rings is 1. The molecule has 2 heterocycles. The van der Waals surface area contributed by atoms with Crippen LogP contribution in [0, 0.1) is 0 Å². The number of hydrogen-bond acceptors (Lipinski definition) is 2. The number of halogens is 1. The highest BCUT2D eigenvalue weighted by atomic mass is 127. The van der Waals surface area contributed by atoms with Crippen molar-refractivity contribution in [3.05, 3.63) is 95.7 Å². The van der Waals surface area contributed by atoms with Crippen molar-refractivity contribution in [3.8, 4) is 11.1 Å². The molecule has 0 N–H and O–H groups in total. The lowest BCUT2D eigenvalue weighted by Gasteiger charge is -2.14. The number of fused-ring (bicyclic) bond motifs is 2. The van der Waals surface area contributed by atoms with Crippen LogP contribution in [0.5, 0.6) is 0 Å². The maximum atomic E-state index is 2.32. The minimum absolute atomic E-state index is 0. The second-order valence-corrected chi connectivity index (χ2v) is 8.12. The lowest BCUT2D eigenvalue weighted by Crippen LogP contribution is -3.00. The fourth-order valence-electron chi connectivity index (χ4n) is 3.85. The Bertz CT molecular complexity index is 1220. The molecule has 4 heteroatoms. The van der Waals surface area contributed by atoms with Crippen molar-refractivity contribution < 1.29 is 28.5 Å². The minimum Gasteiger partial charge on any atom is -1.00 e. The van der Waals surface area contributed by atoms with Crippen LogP contribution in [0.25, 0.3) is 28.1 Å². The molecule has 0 spiro atoms. The second kappa shape index (κ2) is 8.20. The first-order valence-corrected chi connectivity index (χ1v) is 10.2. The SMILES string of the molecule is CN1/C(=C/c2cc[n+](C)c3cccc(-c4ccccc4)c23)Sc2ccccc21.[I-]. The van der Waals surface area contributed by atoms with E-state index in [0.717, 1.165) is 0 Å². The van der Waals surface area contributed by atoms with Gasteiger partial charge in [-0.1, -0.05) is 66.4 Å². The zero-order valence-electron chi connectivity index (χ0n) is 16.3. The van der Waals surface area contributed by atoms with Gasteiger partial charge in [0.15, 0.2) is 6.20 Å². The van der Waals surface area contributed by atoms with Gasteiger partial charge >= 0.3 is 0 Å². The number of aromatic nitrogens is 1. The highest BCUT2D eigenvalue weighted by Crippen LogP contribution is 2.46. The predicted octanol–water partition coefficient (Wildman–Crippen LogP) is 2.88. The first-order valence-electron chi connectivity index (χ1n) is 9.41. The molecule has 1 aliphatic heterocycles. The molecule has 0 saturated carbocycles. The molecule has 1 aromatic heterocycles. The normalized spacial score (nSPS) is 14.1. The third kappa shape index (κ3) is 3.55. The number of benzene rings is 3. The van der Waals surface area contributed by atoms with Crippen molar-refractivity contribution in [1.29, 1.82) is 0 Å². The van der Waals surface area contributed by atoms with Gasteiger partial charge < -0.3 is 28.9 Å². The van der Waals surface area contributed by atoms with E-state index in [9.17, 15) is 0 Å². The van der Waals surface area contributed by atoms with Gasteiger partial charge in [-0.2, -0.15) is 0 Å². The Labute approximate surface area is 192 Å². The zero-order chi connectivity index (χ0) is 19.1. The molecule has 0 fully saturated rings. The molecule has 29 heavy (non-hydrogen) atoms. The first kappa shape index (κ1) is 20.0. The number of aryl methyl sites for hydroxylation is 1. The van der Waals surface area contributed by atoms with E-state index in [1.807, 2.05) is 11.8 Å². The quantitative estimate of drug-likeness (QED) is 0.304. The summed E-state index contributed by atoms with van der Waals surface area (Å²) >= 11 is 1.83. The van der Waals surface area contributed by atoms with E-state index in [0.29, 0.717) is 0 Å². The van der Waals surface area contributed by atoms with Gasteiger partial charge in [-0.3, -0.25) is 0 Å². The predicted molar refractivity (Wildman–Crippen MR) is 119 cm³/mol. The van der Waals surface area contributed by atoms with Gasteiger partial charge in [0.2, 0.25) is 5.52 Å². The van der Waals surface area contributed by atoms with Crippen molar-refractivity contribution in [2.24, 2.45) is 7.05 Å². The van der Waals surface area contributed by atoms with Crippen LogP contribution in [0.15, 0.2) is 95.0 Å². The molecule has 1 aliphatic rings.